The van der Waals surface area contributed by atoms with Gasteiger partial charge in [0, 0.05) is 26.7 Å². The Kier molecular flexibility index (Phi) is 8.50. The maximum Gasteiger partial charge on any atom is 0.224 e. The van der Waals surface area contributed by atoms with Crippen LogP contribution in [-0.2, 0) is 14.3 Å². The van der Waals surface area contributed by atoms with Crippen molar-refractivity contribution in [1.82, 2.24) is 9.80 Å². The first-order valence-electron chi connectivity index (χ1n) is 9.67. The number of hydrogen-bond donors (Lipinski definition) is 0. The van der Waals surface area contributed by atoms with Crippen molar-refractivity contribution in [2.24, 2.45) is 17.8 Å². The minimum Gasteiger partial charge on any atom is -0.382 e. The molecule has 0 aromatic carbocycles. The smallest absolute Gasteiger partial charge is 0.224 e. The lowest BCUT2D eigenvalue weighted by molar-refractivity contribution is -0.131. The van der Waals surface area contributed by atoms with E-state index in [2.05, 4.69) is 23.6 Å². The number of methoxy groups -OCH3 is 1. The van der Waals surface area contributed by atoms with E-state index in [4.69, 9.17) is 9.47 Å². The third kappa shape index (κ3) is 6.34. The average molecular weight is 341 g/mol. The van der Waals surface area contributed by atoms with Crippen LogP contribution in [0.3, 0.4) is 0 Å². The fraction of sp³-hybridized carbons (Fsp3) is 0.947. The largest absolute Gasteiger partial charge is 0.382 e. The lowest BCUT2D eigenvalue weighted by Crippen LogP contribution is -2.39. The van der Waals surface area contributed by atoms with Crippen molar-refractivity contribution in [3.8, 4) is 0 Å². The molecule has 1 amide bonds. The van der Waals surface area contributed by atoms with E-state index < -0.39 is 0 Å². The summed E-state index contributed by atoms with van der Waals surface area (Å²) in [6.45, 7) is 11.9. The summed E-state index contributed by atoms with van der Waals surface area (Å²) in [5.74, 6) is 2.54. The maximum absolute atomic E-state index is 12.3. The molecule has 24 heavy (non-hydrogen) atoms. The number of hydrogen-bond acceptors (Lipinski definition) is 4. The van der Waals surface area contributed by atoms with Gasteiger partial charge in [-0.3, -0.25) is 4.79 Å². The summed E-state index contributed by atoms with van der Waals surface area (Å²) in [5, 5.41) is 0. The molecule has 0 aromatic heterocycles. The van der Waals surface area contributed by atoms with Gasteiger partial charge < -0.3 is 19.3 Å². The second-order valence-corrected chi connectivity index (χ2v) is 7.78. The molecule has 0 saturated carbocycles. The van der Waals surface area contributed by atoms with Crippen LogP contribution in [0, 0.1) is 17.8 Å². The Morgan fingerprint density at radius 3 is 2.42 bits per heavy atom. The van der Waals surface area contributed by atoms with E-state index in [9.17, 15) is 4.79 Å². The zero-order valence-electron chi connectivity index (χ0n) is 15.8. The molecule has 1 atom stereocenters. The van der Waals surface area contributed by atoms with Gasteiger partial charge >= 0.3 is 0 Å². The van der Waals surface area contributed by atoms with Crippen LogP contribution < -0.4 is 0 Å². The molecule has 140 valence electrons. The van der Waals surface area contributed by atoms with Crippen molar-refractivity contribution in [3.05, 3.63) is 0 Å². The van der Waals surface area contributed by atoms with Crippen molar-refractivity contribution >= 4 is 5.91 Å². The summed E-state index contributed by atoms with van der Waals surface area (Å²) in [5.41, 5.74) is 0. The second-order valence-electron chi connectivity index (χ2n) is 7.78. The number of rotatable bonds is 9. The molecule has 1 unspecified atom stereocenters. The van der Waals surface area contributed by atoms with E-state index in [1.807, 2.05) is 0 Å². The molecule has 2 fully saturated rings. The monoisotopic (exact) mass is 340 g/mol. The SMILES string of the molecule is COCCOCCC(=O)N1CCC(C2CCN(CC(C)C)CC2)C1. The minimum absolute atomic E-state index is 0.257. The van der Waals surface area contributed by atoms with Crippen LogP contribution in [0.4, 0.5) is 0 Å². The van der Waals surface area contributed by atoms with Gasteiger partial charge in [0.05, 0.1) is 26.2 Å². The number of ether oxygens (including phenoxy) is 2. The van der Waals surface area contributed by atoms with Crippen LogP contribution in [-0.4, -0.2) is 75.4 Å². The Morgan fingerprint density at radius 2 is 1.75 bits per heavy atom. The molecule has 0 bridgehead atoms. The first-order valence-corrected chi connectivity index (χ1v) is 9.67. The Balaban J connectivity index is 1.63. The first kappa shape index (κ1) is 19.7. The van der Waals surface area contributed by atoms with Gasteiger partial charge in [0.15, 0.2) is 0 Å². The lowest BCUT2D eigenvalue weighted by Gasteiger charge is -2.35. The molecular formula is C19H36N2O3. The van der Waals surface area contributed by atoms with Gasteiger partial charge in [-0.25, -0.2) is 0 Å². The van der Waals surface area contributed by atoms with Crippen LogP contribution in [0.2, 0.25) is 0 Å². The highest BCUT2D eigenvalue weighted by molar-refractivity contribution is 5.76. The zero-order chi connectivity index (χ0) is 17.4. The van der Waals surface area contributed by atoms with Gasteiger partial charge in [0.1, 0.15) is 0 Å². The van der Waals surface area contributed by atoms with E-state index in [0.29, 0.717) is 32.2 Å². The third-order valence-electron chi connectivity index (χ3n) is 5.39. The normalized spacial score (nSPS) is 23.3. The van der Waals surface area contributed by atoms with Gasteiger partial charge in [0.25, 0.3) is 0 Å². The molecule has 0 aliphatic carbocycles. The topological polar surface area (TPSA) is 42.0 Å². The minimum atomic E-state index is 0.257. The van der Waals surface area contributed by atoms with Crippen LogP contribution in [0.25, 0.3) is 0 Å². The van der Waals surface area contributed by atoms with E-state index in [1.54, 1.807) is 7.11 Å². The summed E-state index contributed by atoms with van der Waals surface area (Å²) in [4.78, 5) is 17.0. The standard InChI is InChI=1S/C19H36N2O3/c1-16(2)14-20-8-4-17(5-9-20)18-6-10-21(15-18)19(22)7-11-24-13-12-23-3/h16-18H,4-15H2,1-3H3. The summed E-state index contributed by atoms with van der Waals surface area (Å²) in [7, 11) is 1.66. The molecule has 0 spiro atoms. The Morgan fingerprint density at radius 1 is 1.04 bits per heavy atom. The summed E-state index contributed by atoms with van der Waals surface area (Å²) < 4.78 is 10.3. The van der Waals surface area contributed by atoms with Crippen LogP contribution in [0.5, 0.6) is 0 Å². The van der Waals surface area contributed by atoms with E-state index in [1.165, 1.54) is 38.9 Å². The Hall–Kier alpha value is -0.650. The van der Waals surface area contributed by atoms with Crippen LogP contribution in [0.1, 0.15) is 39.5 Å². The van der Waals surface area contributed by atoms with Crippen LogP contribution >= 0.6 is 0 Å². The lowest BCUT2D eigenvalue weighted by atomic mass is 9.83. The van der Waals surface area contributed by atoms with Crippen molar-refractivity contribution in [3.63, 3.8) is 0 Å². The first-order chi connectivity index (χ1) is 11.6. The number of carbonyl (C=O) groups is 1. The molecule has 2 heterocycles. The van der Waals surface area contributed by atoms with Crippen molar-refractivity contribution < 1.29 is 14.3 Å². The predicted molar refractivity (Wildman–Crippen MR) is 96.0 cm³/mol. The average Bonchev–Trinajstić information content (AvgIpc) is 3.05. The predicted octanol–water partition coefficient (Wildman–Crippen LogP) is 2.26. The Labute approximate surface area is 147 Å². The number of piperidine rings is 1. The fourth-order valence-electron chi connectivity index (χ4n) is 4.08. The molecule has 2 rings (SSSR count). The van der Waals surface area contributed by atoms with E-state index in [-0.39, 0.29) is 5.91 Å². The number of carbonyl (C=O) groups excluding carboxylic acids is 1. The summed E-state index contributed by atoms with van der Waals surface area (Å²) >= 11 is 0. The third-order valence-corrected chi connectivity index (χ3v) is 5.39. The van der Waals surface area contributed by atoms with Crippen LogP contribution in [0.15, 0.2) is 0 Å². The molecule has 5 nitrogen and oxygen atoms in total. The van der Waals surface area contributed by atoms with E-state index >= 15 is 0 Å². The molecule has 0 aromatic rings. The van der Waals surface area contributed by atoms with Crippen molar-refractivity contribution in [1.29, 1.82) is 0 Å². The number of likely N-dealkylation sites (tertiary alicyclic amines) is 2. The van der Waals surface area contributed by atoms with Gasteiger partial charge in [-0.15, -0.1) is 0 Å². The molecule has 2 saturated heterocycles. The molecule has 0 radical (unpaired) electrons. The summed E-state index contributed by atoms with van der Waals surface area (Å²) in [6.07, 6.45) is 4.30. The quantitative estimate of drug-likeness (QED) is 0.604. The number of nitrogens with zero attached hydrogens (tertiary/aromatic N) is 2. The van der Waals surface area contributed by atoms with Gasteiger partial charge in [0.2, 0.25) is 5.91 Å². The van der Waals surface area contributed by atoms with E-state index in [0.717, 1.165) is 24.9 Å². The molecular weight excluding hydrogens is 304 g/mol. The highest BCUT2D eigenvalue weighted by atomic mass is 16.5. The van der Waals surface area contributed by atoms with Crippen molar-refractivity contribution in [2.45, 2.75) is 39.5 Å². The highest BCUT2D eigenvalue weighted by Gasteiger charge is 2.33. The second kappa shape index (κ2) is 10.4. The van der Waals surface area contributed by atoms with Gasteiger partial charge in [-0.05, 0) is 50.1 Å². The molecule has 2 aliphatic heterocycles. The summed E-state index contributed by atoms with van der Waals surface area (Å²) in [6, 6.07) is 0. The molecule has 5 heteroatoms. The van der Waals surface area contributed by atoms with Gasteiger partial charge in [-0.1, -0.05) is 13.8 Å². The maximum atomic E-state index is 12.3. The molecule has 2 aliphatic rings. The Bertz CT molecular complexity index is 368. The fourth-order valence-corrected chi connectivity index (χ4v) is 4.08. The van der Waals surface area contributed by atoms with Gasteiger partial charge in [-0.2, -0.15) is 0 Å². The number of amides is 1. The highest BCUT2D eigenvalue weighted by Crippen LogP contribution is 2.32. The van der Waals surface area contributed by atoms with Crippen molar-refractivity contribution in [2.75, 3.05) is 59.7 Å². The molecule has 0 N–H and O–H groups in total. The zero-order valence-corrected chi connectivity index (χ0v) is 15.8.